The van der Waals surface area contributed by atoms with Crippen LogP contribution in [0.3, 0.4) is 0 Å². The molecule has 2 aromatic carbocycles. The SMILES string of the molecule is O=Cc1cc(Cl)ccc1OCc1ccc([N+](=O)[O-])cc1Br. The van der Waals surface area contributed by atoms with E-state index in [4.69, 9.17) is 16.3 Å². The maximum Gasteiger partial charge on any atom is 0.270 e. The van der Waals surface area contributed by atoms with Crippen LogP contribution in [0.4, 0.5) is 5.69 Å². The summed E-state index contributed by atoms with van der Waals surface area (Å²) in [5.74, 6) is 0.402. The zero-order valence-electron chi connectivity index (χ0n) is 10.6. The molecule has 0 radical (unpaired) electrons. The molecule has 7 heteroatoms. The molecule has 5 nitrogen and oxygen atoms in total. The summed E-state index contributed by atoms with van der Waals surface area (Å²) in [6, 6.07) is 9.13. The molecule has 2 aromatic rings. The van der Waals surface area contributed by atoms with Gasteiger partial charge in [-0.15, -0.1) is 0 Å². The van der Waals surface area contributed by atoms with Crippen LogP contribution in [0.15, 0.2) is 40.9 Å². The normalized spacial score (nSPS) is 10.2. The van der Waals surface area contributed by atoms with Crippen LogP contribution in [-0.4, -0.2) is 11.2 Å². The maximum absolute atomic E-state index is 11.0. The molecule has 0 unspecified atom stereocenters. The van der Waals surface area contributed by atoms with Gasteiger partial charge in [-0.25, -0.2) is 0 Å². The Morgan fingerprint density at radius 1 is 1.29 bits per heavy atom. The number of nitrogens with zero attached hydrogens (tertiary/aromatic N) is 1. The van der Waals surface area contributed by atoms with E-state index in [1.54, 1.807) is 18.2 Å². The second-order valence-electron chi connectivity index (χ2n) is 4.12. The van der Waals surface area contributed by atoms with Crippen molar-refractivity contribution in [3.05, 3.63) is 67.1 Å². The highest BCUT2D eigenvalue weighted by Gasteiger charge is 2.10. The van der Waals surface area contributed by atoms with E-state index < -0.39 is 4.92 Å². The molecular weight excluding hydrogens is 362 g/mol. The van der Waals surface area contributed by atoms with Crippen molar-refractivity contribution in [2.75, 3.05) is 0 Å². The summed E-state index contributed by atoms with van der Waals surface area (Å²) < 4.78 is 6.13. The Hall–Kier alpha value is -1.92. The summed E-state index contributed by atoms with van der Waals surface area (Å²) >= 11 is 9.06. The van der Waals surface area contributed by atoms with Crippen molar-refractivity contribution < 1.29 is 14.5 Å². The van der Waals surface area contributed by atoms with Crippen LogP contribution in [0.2, 0.25) is 5.02 Å². The Balaban J connectivity index is 2.17. The third kappa shape index (κ3) is 3.80. The zero-order valence-corrected chi connectivity index (χ0v) is 12.9. The van der Waals surface area contributed by atoms with Gasteiger partial charge in [0.1, 0.15) is 12.4 Å². The first-order valence-corrected chi connectivity index (χ1v) is 6.98. The van der Waals surface area contributed by atoms with Gasteiger partial charge in [-0.05, 0) is 24.3 Å². The van der Waals surface area contributed by atoms with Gasteiger partial charge in [0.25, 0.3) is 5.69 Å². The van der Waals surface area contributed by atoms with E-state index in [0.717, 1.165) is 5.56 Å². The Morgan fingerprint density at radius 3 is 2.67 bits per heavy atom. The van der Waals surface area contributed by atoms with Crippen LogP contribution < -0.4 is 4.74 Å². The lowest BCUT2D eigenvalue weighted by Crippen LogP contribution is -2.00. The number of nitro groups is 1. The smallest absolute Gasteiger partial charge is 0.270 e. The standard InChI is InChI=1S/C14H9BrClNO4/c15-13-6-12(17(19)20)3-1-9(13)8-21-14-4-2-11(16)5-10(14)7-18/h1-7H,8H2. The summed E-state index contributed by atoms with van der Waals surface area (Å²) in [5, 5.41) is 11.1. The highest BCUT2D eigenvalue weighted by molar-refractivity contribution is 9.10. The van der Waals surface area contributed by atoms with Gasteiger partial charge in [0, 0.05) is 27.2 Å². The van der Waals surface area contributed by atoms with E-state index in [1.807, 2.05) is 0 Å². The first kappa shape index (κ1) is 15.5. The van der Waals surface area contributed by atoms with Gasteiger partial charge in [0.05, 0.1) is 10.5 Å². The van der Waals surface area contributed by atoms with Gasteiger partial charge in [-0.3, -0.25) is 14.9 Å². The van der Waals surface area contributed by atoms with Gasteiger partial charge >= 0.3 is 0 Å². The lowest BCUT2D eigenvalue weighted by molar-refractivity contribution is -0.384. The third-order valence-corrected chi connectivity index (χ3v) is 3.70. The zero-order chi connectivity index (χ0) is 15.4. The molecule has 0 fully saturated rings. The molecule has 108 valence electrons. The number of hydrogen-bond donors (Lipinski definition) is 0. The number of hydrogen-bond acceptors (Lipinski definition) is 4. The van der Waals surface area contributed by atoms with Gasteiger partial charge in [0.15, 0.2) is 6.29 Å². The molecule has 0 bridgehead atoms. The quantitative estimate of drug-likeness (QED) is 0.444. The molecule has 21 heavy (non-hydrogen) atoms. The number of rotatable bonds is 5. The Kier molecular flexibility index (Phi) is 4.93. The van der Waals surface area contributed by atoms with Gasteiger partial charge in [-0.2, -0.15) is 0 Å². The van der Waals surface area contributed by atoms with Crippen LogP contribution >= 0.6 is 27.5 Å². The second-order valence-corrected chi connectivity index (χ2v) is 5.41. The molecule has 0 saturated heterocycles. The van der Waals surface area contributed by atoms with Crippen molar-refractivity contribution in [3.8, 4) is 5.75 Å². The average molecular weight is 371 g/mol. The van der Waals surface area contributed by atoms with E-state index >= 15 is 0 Å². The highest BCUT2D eigenvalue weighted by Crippen LogP contribution is 2.26. The van der Waals surface area contributed by atoms with Gasteiger partial charge in [-0.1, -0.05) is 27.5 Å². The van der Waals surface area contributed by atoms with Crippen molar-refractivity contribution in [2.45, 2.75) is 6.61 Å². The Morgan fingerprint density at radius 2 is 2.05 bits per heavy atom. The first-order valence-electron chi connectivity index (χ1n) is 5.81. The largest absolute Gasteiger partial charge is 0.488 e. The van der Waals surface area contributed by atoms with E-state index in [1.165, 1.54) is 18.2 Å². The lowest BCUT2D eigenvalue weighted by Gasteiger charge is -2.10. The fourth-order valence-electron chi connectivity index (χ4n) is 1.67. The fourth-order valence-corrected chi connectivity index (χ4v) is 2.33. The molecule has 0 atom stereocenters. The topological polar surface area (TPSA) is 69.4 Å². The molecule has 2 rings (SSSR count). The number of ether oxygens (including phenoxy) is 1. The fraction of sp³-hybridized carbons (Fsp3) is 0.0714. The summed E-state index contributed by atoms with van der Waals surface area (Å²) in [6.07, 6.45) is 0.659. The van der Waals surface area contributed by atoms with E-state index in [0.29, 0.717) is 27.1 Å². The molecule has 0 saturated carbocycles. The summed E-state index contributed by atoms with van der Waals surface area (Å²) in [4.78, 5) is 21.1. The number of aldehydes is 1. The monoisotopic (exact) mass is 369 g/mol. The molecule has 0 aliphatic rings. The first-order chi connectivity index (χ1) is 10.0. The molecule has 0 N–H and O–H groups in total. The summed E-state index contributed by atoms with van der Waals surface area (Å²) in [7, 11) is 0. The van der Waals surface area contributed by atoms with Crippen LogP contribution in [0.5, 0.6) is 5.75 Å². The Bertz CT molecular complexity index is 705. The average Bonchev–Trinajstić information content (AvgIpc) is 2.46. The molecule has 0 heterocycles. The van der Waals surface area contributed by atoms with E-state index in [9.17, 15) is 14.9 Å². The number of non-ortho nitro benzene ring substituents is 1. The van der Waals surface area contributed by atoms with Crippen molar-refractivity contribution in [1.82, 2.24) is 0 Å². The maximum atomic E-state index is 11.0. The minimum atomic E-state index is -0.473. The summed E-state index contributed by atoms with van der Waals surface area (Å²) in [5.41, 5.74) is 1.07. The van der Waals surface area contributed by atoms with Crippen molar-refractivity contribution in [3.63, 3.8) is 0 Å². The predicted molar refractivity (Wildman–Crippen MR) is 82.0 cm³/mol. The van der Waals surface area contributed by atoms with E-state index in [2.05, 4.69) is 15.9 Å². The highest BCUT2D eigenvalue weighted by atomic mass is 79.9. The van der Waals surface area contributed by atoms with Crippen LogP contribution in [0.1, 0.15) is 15.9 Å². The molecule has 0 aliphatic carbocycles. The third-order valence-electron chi connectivity index (χ3n) is 2.73. The number of benzene rings is 2. The molecule has 0 aromatic heterocycles. The minimum Gasteiger partial charge on any atom is -0.488 e. The lowest BCUT2D eigenvalue weighted by atomic mass is 10.2. The van der Waals surface area contributed by atoms with E-state index in [-0.39, 0.29) is 12.3 Å². The van der Waals surface area contributed by atoms with Crippen molar-refractivity contribution >= 4 is 39.5 Å². The molecular formula is C14H9BrClNO4. The summed E-state index contributed by atoms with van der Waals surface area (Å²) in [6.45, 7) is 0.168. The molecule has 0 spiro atoms. The number of carbonyl (C=O) groups excluding carboxylic acids is 1. The molecule has 0 aliphatic heterocycles. The number of nitro benzene ring substituents is 1. The second kappa shape index (κ2) is 6.69. The minimum absolute atomic E-state index is 0.00861. The van der Waals surface area contributed by atoms with Gasteiger partial charge < -0.3 is 4.74 Å². The number of carbonyl (C=O) groups is 1. The number of halogens is 2. The Labute approximate surface area is 133 Å². The van der Waals surface area contributed by atoms with Gasteiger partial charge in [0.2, 0.25) is 0 Å². The van der Waals surface area contributed by atoms with Crippen LogP contribution in [0, 0.1) is 10.1 Å². The van der Waals surface area contributed by atoms with Crippen LogP contribution in [-0.2, 0) is 6.61 Å². The van der Waals surface area contributed by atoms with Crippen molar-refractivity contribution in [1.29, 1.82) is 0 Å². The predicted octanol–water partition coefficient (Wildman–Crippen LogP) is 4.40. The van der Waals surface area contributed by atoms with Crippen molar-refractivity contribution in [2.24, 2.45) is 0 Å². The van der Waals surface area contributed by atoms with Crippen LogP contribution in [0.25, 0.3) is 0 Å². The molecule has 0 amide bonds.